The lowest BCUT2D eigenvalue weighted by Crippen LogP contribution is -2.31. The minimum absolute atomic E-state index is 0.256. The van der Waals surface area contributed by atoms with Crippen LogP contribution in [0.5, 0.6) is 11.5 Å². The van der Waals surface area contributed by atoms with Gasteiger partial charge in [0.2, 0.25) is 5.76 Å². The number of esters is 1. The van der Waals surface area contributed by atoms with Gasteiger partial charge in [-0.1, -0.05) is 18.2 Å². The van der Waals surface area contributed by atoms with E-state index in [1.165, 1.54) is 12.0 Å². The molecule has 0 radical (unpaired) electrons. The van der Waals surface area contributed by atoms with Crippen LogP contribution in [0.1, 0.15) is 16.1 Å². The summed E-state index contributed by atoms with van der Waals surface area (Å²) in [5.74, 6) is -0.421. The first-order chi connectivity index (χ1) is 14.4. The molecule has 0 fully saturated rings. The smallest absolute Gasteiger partial charge is 0.374 e. The molecule has 0 bridgehead atoms. The molecule has 1 heterocycles. The lowest BCUT2D eigenvalue weighted by atomic mass is 10.2. The van der Waals surface area contributed by atoms with Crippen molar-refractivity contribution in [1.29, 1.82) is 0 Å². The van der Waals surface area contributed by atoms with Crippen molar-refractivity contribution in [3.8, 4) is 11.5 Å². The molecular formula is C22H21NO7. The Morgan fingerprint density at radius 2 is 1.73 bits per heavy atom. The van der Waals surface area contributed by atoms with E-state index in [2.05, 4.69) is 0 Å². The van der Waals surface area contributed by atoms with Crippen LogP contribution >= 0.6 is 0 Å². The molecule has 0 atom stereocenters. The van der Waals surface area contributed by atoms with Crippen molar-refractivity contribution in [2.75, 3.05) is 27.9 Å². The average molecular weight is 411 g/mol. The van der Waals surface area contributed by atoms with E-state index in [9.17, 15) is 14.4 Å². The Labute approximate surface area is 172 Å². The first-order valence-electron chi connectivity index (χ1n) is 9.08. The van der Waals surface area contributed by atoms with Gasteiger partial charge in [0.25, 0.3) is 5.91 Å². The van der Waals surface area contributed by atoms with Crippen LogP contribution in [-0.4, -0.2) is 44.7 Å². The van der Waals surface area contributed by atoms with Crippen molar-refractivity contribution in [3.05, 3.63) is 70.1 Å². The molecule has 3 rings (SSSR count). The summed E-state index contributed by atoms with van der Waals surface area (Å²) in [5, 5.41) is 0.361. The topological polar surface area (TPSA) is 95.3 Å². The molecule has 0 aliphatic carbocycles. The van der Waals surface area contributed by atoms with E-state index in [1.807, 2.05) is 0 Å². The first-order valence-corrected chi connectivity index (χ1v) is 9.08. The van der Waals surface area contributed by atoms with Crippen LogP contribution in [0.25, 0.3) is 11.0 Å². The van der Waals surface area contributed by atoms with Gasteiger partial charge in [-0.15, -0.1) is 0 Å². The highest BCUT2D eigenvalue weighted by molar-refractivity contribution is 5.90. The highest BCUT2D eigenvalue weighted by Gasteiger charge is 2.17. The molecule has 8 heteroatoms. The summed E-state index contributed by atoms with van der Waals surface area (Å²) in [4.78, 5) is 38.1. The Hall–Kier alpha value is -3.81. The van der Waals surface area contributed by atoms with Crippen LogP contribution in [0.2, 0.25) is 0 Å². The minimum Gasteiger partial charge on any atom is -0.493 e. The largest absolute Gasteiger partial charge is 0.493 e. The molecule has 0 aliphatic heterocycles. The fraction of sp³-hybridized carbons (Fsp3) is 0.227. The lowest BCUT2D eigenvalue weighted by molar-refractivity contribution is -0.133. The number of nitrogens with zero attached hydrogens (tertiary/aromatic N) is 1. The van der Waals surface area contributed by atoms with Gasteiger partial charge in [-0.3, -0.25) is 9.59 Å². The van der Waals surface area contributed by atoms with Gasteiger partial charge in [-0.05, 0) is 29.8 Å². The van der Waals surface area contributed by atoms with E-state index in [1.54, 1.807) is 56.6 Å². The molecule has 1 aromatic heterocycles. The molecule has 8 nitrogen and oxygen atoms in total. The number of likely N-dealkylation sites (N-methyl/N-ethyl adjacent to an activating group) is 1. The van der Waals surface area contributed by atoms with Gasteiger partial charge in [-0.2, -0.15) is 0 Å². The number of hydrogen-bond acceptors (Lipinski definition) is 7. The quantitative estimate of drug-likeness (QED) is 0.552. The van der Waals surface area contributed by atoms with Crippen LogP contribution < -0.4 is 14.9 Å². The van der Waals surface area contributed by atoms with Crippen LogP contribution in [0.4, 0.5) is 0 Å². The molecule has 0 spiro atoms. The molecule has 156 valence electrons. The molecule has 0 N–H and O–H groups in total. The Morgan fingerprint density at radius 3 is 2.47 bits per heavy atom. The summed E-state index contributed by atoms with van der Waals surface area (Å²) in [6, 6.07) is 12.9. The van der Waals surface area contributed by atoms with Gasteiger partial charge in [0.15, 0.2) is 23.5 Å². The lowest BCUT2D eigenvalue weighted by Gasteiger charge is -2.18. The SMILES string of the molecule is COc1ccc(CN(C)C(=O)COC(=O)c2cc(=O)c3ccccc3o2)cc1OC. The molecule has 3 aromatic rings. The number of ether oxygens (including phenoxy) is 3. The Kier molecular flexibility index (Phi) is 6.36. The van der Waals surface area contributed by atoms with E-state index in [-0.39, 0.29) is 23.3 Å². The summed E-state index contributed by atoms with van der Waals surface area (Å²) in [5.41, 5.74) is 0.727. The van der Waals surface area contributed by atoms with E-state index in [4.69, 9.17) is 18.6 Å². The maximum atomic E-state index is 12.3. The van der Waals surface area contributed by atoms with Crippen LogP contribution in [0, 0.1) is 0 Å². The number of rotatable bonds is 7. The van der Waals surface area contributed by atoms with Crippen molar-refractivity contribution in [1.82, 2.24) is 4.90 Å². The third-order valence-corrected chi connectivity index (χ3v) is 4.46. The third-order valence-electron chi connectivity index (χ3n) is 4.46. The van der Waals surface area contributed by atoms with E-state index in [0.717, 1.165) is 11.6 Å². The maximum Gasteiger partial charge on any atom is 0.374 e. The summed E-state index contributed by atoms with van der Waals surface area (Å²) in [6.45, 7) is -0.207. The fourth-order valence-electron chi connectivity index (χ4n) is 2.85. The minimum atomic E-state index is -0.884. The standard InChI is InChI=1S/C22H21NO7/c1-23(12-14-8-9-18(27-2)19(10-14)28-3)21(25)13-29-22(26)20-11-16(24)15-6-4-5-7-17(15)30-20/h4-11H,12-13H2,1-3H3. The van der Waals surface area contributed by atoms with Crippen LogP contribution in [0.3, 0.4) is 0 Å². The number of carbonyl (C=O) groups is 2. The van der Waals surface area contributed by atoms with Gasteiger partial charge in [0.1, 0.15) is 5.58 Å². The molecule has 1 amide bonds. The summed E-state index contributed by atoms with van der Waals surface area (Å²) in [6.07, 6.45) is 0. The van der Waals surface area contributed by atoms with Crippen molar-refractivity contribution >= 4 is 22.8 Å². The Bertz CT molecular complexity index is 1140. The number of amides is 1. The van der Waals surface area contributed by atoms with Crippen molar-refractivity contribution < 1.29 is 28.2 Å². The zero-order valence-electron chi connectivity index (χ0n) is 16.8. The summed E-state index contributed by atoms with van der Waals surface area (Å²) >= 11 is 0. The van der Waals surface area contributed by atoms with Gasteiger partial charge in [-0.25, -0.2) is 4.79 Å². The second-order valence-corrected chi connectivity index (χ2v) is 6.49. The van der Waals surface area contributed by atoms with Crippen LogP contribution in [-0.2, 0) is 16.1 Å². The second kappa shape index (κ2) is 9.13. The normalized spacial score (nSPS) is 10.5. The average Bonchev–Trinajstić information content (AvgIpc) is 2.76. The molecule has 0 aliphatic rings. The second-order valence-electron chi connectivity index (χ2n) is 6.49. The van der Waals surface area contributed by atoms with E-state index < -0.39 is 18.5 Å². The molecule has 0 saturated carbocycles. The monoisotopic (exact) mass is 411 g/mol. The number of carbonyl (C=O) groups excluding carboxylic acids is 2. The van der Waals surface area contributed by atoms with Gasteiger partial charge >= 0.3 is 5.97 Å². The van der Waals surface area contributed by atoms with Gasteiger partial charge in [0.05, 0.1) is 19.6 Å². The first kappa shape index (κ1) is 20.9. The Balaban J connectivity index is 1.62. The zero-order valence-corrected chi connectivity index (χ0v) is 16.8. The van der Waals surface area contributed by atoms with Gasteiger partial charge < -0.3 is 23.5 Å². The highest BCUT2D eigenvalue weighted by Crippen LogP contribution is 2.27. The number of hydrogen-bond donors (Lipinski definition) is 0. The number of para-hydroxylation sites is 1. The van der Waals surface area contributed by atoms with Crippen molar-refractivity contribution in [2.24, 2.45) is 0 Å². The van der Waals surface area contributed by atoms with Crippen molar-refractivity contribution in [3.63, 3.8) is 0 Å². The summed E-state index contributed by atoms with van der Waals surface area (Å²) < 4.78 is 20.9. The molecule has 0 unspecified atom stereocenters. The summed E-state index contributed by atoms with van der Waals surface area (Å²) in [7, 11) is 4.66. The maximum absolute atomic E-state index is 12.3. The number of fused-ring (bicyclic) bond motifs is 1. The van der Waals surface area contributed by atoms with Gasteiger partial charge in [0, 0.05) is 19.7 Å². The predicted molar refractivity (Wildman–Crippen MR) is 109 cm³/mol. The third kappa shape index (κ3) is 4.60. The number of benzene rings is 2. The molecule has 30 heavy (non-hydrogen) atoms. The molecule has 0 saturated heterocycles. The predicted octanol–water partition coefficient (Wildman–Crippen LogP) is 2.63. The highest BCUT2D eigenvalue weighted by atomic mass is 16.5. The number of methoxy groups -OCH3 is 2. The van der Waals surface area contributed by atoms with E-state index in [0.29, 0.717) is 16.9 Å². The Morgan fingerprint density at radius 1 is 1.00 bits per heavy atom. The fourth-order valence-corrected chi connectivity index (χ4v) is 2.85. The molecule has 2 aromatic carbocycles. The van der Waals surface area contributed by atoms with Crippen LogP contribution in [0.15, 0.2) is 57.7 Å². The van der Waals surface area contributed by atoms with E-state index >= 15 is 0 Å². The van der Waals surface area contributed by atoms with Crippen molar-refractivity contribution in [2.45, 2.75) is 6.54 Å². The molecular weight excluding hydrogens is 390 g/mol. The zero-order chi connectivity index (χ0) is 21.7.